The van der Waals surface area contributed by atoms with E-state index in [-0.39, 0.29) is 0 Å². The van der Waals surface area contributed by atoms with Crippen LogP contribution in [-0.2, 0) is 66.3 Å². The molecule has 0 bridgehead atoms. The Labute approximate surface area is 306 Å². The van der Waals surface area contributed by atoms with Crippen LogP contribution < -0.4 is 5.32 Å². The lowest BCUT2D eigenvalue weighted by molar-refractivity contribution is -0.0290. The second kappa shape index (κ2) is 41.5. The summed E-state index contributed by atoms with van der Waals surface area (Å²) in [5.74, 6) is 0. The third-order valence-corrected chi connectivity index (χ3v) is 6.02. The molecule has 0 atom stereocenters. The van der Waals surface area contributed by atoms with Gasteiger partial charge in [0, 0.05) is 13.2 Å². The normalized spacial score (nSPS) is 11.8. The summed E-state index contributed by atoms with van der Waals surface area (Å²) in [6.07, 6.45) is 1.78. The maximum absolute atomic E-state index is 11.5. The van der Waals surface area contributed by atoms with Crippen LogP contribution in [0.4, 0.5) is 4.79 Å². The number of carbonyl (C=O) groups excluding carboxylic acids is 1. The minimum atomic E-state index is -0.513. The summed E-state index contributed by atoms with van der Waals surface area (Å²) < 4.78 is 76.1. The van der Waals surface area contributed by atoms with Gasteiger partial charge in [0.2, 0.25) is 0 Å². The summed E-state index contributed by atoms with van der Waals surface area (Å²) >= 11 is 0. The number of hydrogen-bond donors (Lipinski definition) is 1. The maximum Gasteiger partial charge on any atom is 0.407 e. The van der Waals surface area contributed by atoms with E-state index < -0.39 is 11.7 Å². The fourth-order valence-corrected chi connectivity index (χ4v) is 3.53. The summed E-state index contributed by atoms with van der Waals surface area (Å²) in [6, 6.07) is 0. The first-order chi connectivity index (χ1) is 25.0. The summed E-state index contributed by atoms with van der Waals surface area (Å²) in [7, 11) is 0. The van der Waals surface area contributed by atoms with Gasteiger partial charge in [-0.2, -0.15) is 0 Å². The Kier molecular flexibility index (Phi) is 40.5. The van der Waals surface area contributed by atoms with Crippen LogP contribution in [0.25, 0.3) is 0 Å². The molecule has 0 aromatic heterocycles. The van der Waals surface area contributed by atoms with Crippen LogP contribution in [0.2, 0.25) is 0 Å². The van der Waals surface area contributed by atoms with Gasteiger partial charge in [0.15, 0.2) is 0 Å². The van der Waals surface area contributed by atoms with Crippen molar-refractivity contribution < 1.29 is 71.1 Å². The third kappa shape index (κ3) is 46.7. The lowest BCUT2D eigenvalue weighted by atomic mass is 10.2. The molecule has 1 amide bonds. The highest BCUT2D eigenvalue weighted by atomic mass is 16.6. The van der Waals surface area contributed by atoms with E-state index in [9.17, 15) is 4.79 Å². The summed E-state index contributed by atoms with van der Waals surface area (Å²) in [5.41, 5.74) is -0.513. The number of unbranched alkanes of at least 4 members (excludes halogenated alkanes) is 1. The van der Waals surface area contributed by atoms with E-state index in [4.69, 9.17) is 66.3 Å². The Morgan fingerprint density at radius 1 is 0.373 bits per heavy atom. The van der Waals surface area contributed by atoms with Crippen molar-refractivity contribution in [3.05, 3.63) is 0 Å². The highest BCUT2D eigenvalue weighted by Crippen LogP contribution is 2.06. The molecule has 16 heteroatoms. The molecule has 1 N–H and O–H groups in total. The SMILES string of the molecule is CCCCOCCOCCOCCOCCOCCOCCOCCOCCOCCOCCOCCOCCOCCNC(=O)OC(C)(C)C. The second-order valence-corrected chi connectivity index (χ2v) is 11.7. The molecule has 51 heavy (non-hydrogen) atoms. The standard InChI is InChI=1S/C35H71NO15/c1-5-6-8-38-10-12-40-14-16-42-18-20-44-22-24-46-26-28-48-30-32-50-33-31-49-29-27-47-25-23-45-21-19-43-17-15-41-13-11-39-9-7-36-34(37)51-35(2,3)4/h5-33H2,1-4H3,(H,36,37). The molecule has 0 unspecified atom stereocenters. The van der Waals surface area contributed by atoms with Crippen molar-refractivity contribution in [2.75, 3.05) is 178 Å². The van der Waals surface area contributed by atoms with Crippen molar-refractivity contribution in [1.82, 2.24) is 5.32 Å². The smallest absolute Gasteiger partial charge is 0.407 e. The minimum absolute atomic E-state index is 0.382. The molecule has 0 aliphatic heterocycles. The number of ether oxygens (including phenoxy) is 14. The van der Waals surface area contributed by atoms with Gasteiger partial charge in [-0.15, -0.1) is 0 Å². The van der Waals surface area contributed by atoms with Crippen LogP contribution in [0, 0.1) is 0 Å². The number of amides is 1. The molecule has 0 spiro atoms. The Bertz CT molecular complexity index is 688. The first-order valence-electron chi connectivity index (χ1n) is 18.4. The molecule has 0 saturated carbocycles. The summed E-state index contributed by atoms with van der Waals surface area (Å²) in [4.78, 5) is 11.5. The van der Waals surface area contributed by atoms with Crippen molar-refractivity contribution in [3.8, 4) is 0 Å². The number of nitrogens with one attached hydrogen (secondary N) is 1. The zero-order chi connectivity index (χ0) is 37.2. The third-order valence-electron chi connectivity index (χ3n) is 6.02. The van der Waals surface area contributed by atoms with Gasteiger partial charge in [0.05, 0.1) is 165 Å². The number of alkyl carbamates (subject to hydrolysis) is 1. The van der Waals surface area contributed by atoms with Crippen molar-refractivity contribution in [2.24, 2.45) is 0 Å². The molecule has 0 fully saturated rings. The fourth-order valence-electron chi connectivity index (χ4n) is 3.53. The molecule has 0 radical (unpaired) electrons. The van der Waals surface area contributed by atoms with E-state index in [0.717, 1.165) is 19.4 Å². The zero-order valence-electron chi connectivity index (χ0n) is 32.1. The highest BCUT2D eigenvalue weighted by Gasteiger charge is 2.15. The molecule has 0 aliphatic rings. The lowest BCUT2D eigenvalue weighted by Gasteiger charge is -2.19. The average Bonchev–Trinajstić information content (AvgIpc) is 3.09. The number of hydrogen-bond acceptors (Lipinski definition) is 15. The van der Waals surface area contributed by atoms with Crippen LogP contribution in [0.15, 0.2) is 0 Å². The Morgan fingerprint density at radius 3 is 0.804 bits per heavy atom. The van der Waals surface area contributed by atoms with Crippen LogP contribution in [0.1, 0.15) is 40.5 Å². The van der Waals surface area contributed by atoms with Gasteiger partial charge in [-0.05, 0) is 27.2 Å². The van der Waals surface area contributed by atoms with Crippen molar-refractivity contribution >= 4 is 6.09 Å². The Hall–Kier alpha value is -1.25. The van der Waals surface area contributed by atoms with E-state index in [1.54, 1.807) is 0 Å². The predicted molar refractivity (Wildman–Crippen MR) is 190 cm³/mol. The largest absolute Gasteiger partial charge is 0.444 e. The number of rotatable bonds is 42. The monoisotopic (exact) mass is 745 g/mol. The maximum atomic E-state index is 11.5. The van der Waals surface area contributed by atoms with Gasteiger partial charge in [0.1, 0.15) is 5.60 Å². The van der Waals surface area contributed by atoms with Gasteiger partial charge in [-0.3, -0.25) is 0 Å². The van der Waals surface area contributed by atoms with E-state index in [1.807, 2.05) is 20.8 Å². The van der Waals surface area contributed by atoms with Gasteiger partial charge in [-0.25, -0.2) is 4.79 Å². The number of carbonyl (C=O) groups is 1. The van der Waals surface area contributed by atoms with Gasteiger partial charge < -0.3 is 71.6 Å². The fraction of sp³-hybridized carbons (Fsp3) is 0.971. The second-order valence-electron chi connectivity index (χ2n) is 11.7. The summed E-state index contributed by atoms with van der Waals surface area (Å²) in [5, 5.41) is 2.63. The van der Waals surface area contributed by atoms with Crippen LogP contribution >= 0.6 is 0 Å². The van der Waals surface area contributed by atoms with Crippen LogP contribution in [0.3, 0.4) is 0 Å². The van der Waals surface area contributed by atoms with E-state index in [2.05, 4.69) is 12.2 Å². The van der Waals surface area contributed by atoms with Crippen molar-refractivity contribution in [1.29, 1.82) is 0 Å². The Balaban J connectivity index is 3.09. The quantitative estimate of drug-likeness (QED) is 0.0909. The molecule has 306 valence electrons. The Morgan fingerprint density at radius 2 is 0.588 bits per heavy atom. The van der Waals surface area contributed by atoms with Crippen LogP contribution in [-0.4, -0.2) is 190 Å². The van der Waals surface area contributed by atoms with Crippen molar-refractivity contribution in [2.45, 2.75) is 46.1 Å². The first kappa shape index (κ1) is 49.8. The zero-order valence-corrected chi connectivity index (χ0v) is 32.1. The molecule has 16 nitrogen and oxygen atoms in total. The minimum Gasteiger partial charge on any atom is -0.444 e. The molecular formula is C35H71NO15. The lowest BCUT2D eigenvalue weighted by Crippen LogP contribution is -2.34. The van der Waals surface area contributed by atoms with E-state index >= 15 is 0 Å². The average molecular weight is 746 g/mol. The van der Waals surface area contributed by atoms with E-state index in [1.165, 1.54) is 0 Å². The van der Waals surface area contributed by atoms with Crippen LogP contribution in [0.5, 0.6) is 0 Å². The summed E-state index contributed by atoms with van der Waals surface area (Å²) in [6.45, 7) is 21.4. The molecule has 0 heterocycles. The van der Waals surface area contributed by atoms with E-state index in [0.29, 0.717) is 172 Å². The van der Waals surface area contributed by atoms with Gasteiger partial charge >= 0.3 is 6.09 Å². The van der Waals surface area contributed by atoms with Gasteiger partial charge in [-0.1, -0.05) is 13.3 Å². The predicted octanol–water partition coefficient (Wildman–Crippen LogP) is 2.53. The topological polar surface area (TPSA) is 158 Å². The molecule has 0 aliphatic carbocycles. The molecular weight excluding hydrogens is 674 g/mol. The van der Waals surface area contributed by atoms with Crippen molar-refractivity contribution in [3.63, 3.8) is 0 Å². The molecule has 0 aromatic rings. The molecule has 0 aromatic carbocycles. The van der Waals surface area contributed by atoms with Gasteiger partial charge in [0.25, 0.3) is 0 Å². The first-order valence-corrected chi connectivity index (χ1v) is 18.4. The highest BCUT2D eigenvalue weighted by molar-refractivity contribution is 5.67. The molecule has 0 rings (SSSR count). The molecule has 0 saturated heterocycles.